The predicted octanol–water partition coefficient (Wildman–Crippen LogP) is 2.60. The Morgan fingerprint density at radius 2 is 1.86 bits per heavy atom. The summed E-state index contributed by atoms with van der Waals surface area (Å²) in [7, 11) is 0. The van der Waals surface area contributed by atoms with Gasteiger partial charge in [0.2, 0.25) is 0 Å². The molecule has 0 aliphatic heterocycles. The maximum absolute atomic E-state index is 5.87. The maximum Gasteiger partial charge on any atom is 0.00790 e. The van der Waals surface area contributed by atoms with Crippen LogP contribution in [0, 0.1) is 20.8 Å². The van der Waals surface area contributed by atoms with Gasteiger partial charge in [0, 0.05) is 12.0 Å². The van der Waals surface area contributed by atoms with Crippen LogP contribution >= 0.6 is 0 Å². The van der Waals surface area contributed by atoms with Crippen molar-refractivity contribution in [2.75, 3.05) is 6.54 Å². The van der Waals surface area contributed by atoms with Crippen molar-refractivity contribution in [2.24, 2.45) is 5.73 Å². The molecule has 1 aromatic carbocycles. The fraction of sp³-hybridized carbons (Fsp3) is 0.538. The molecule has 1 saturated carbocycles. The first-order valence-electron chi connectivity index (χ1n) is 5.37. The Labute approximate surface area is 86.3 Å². The average molecular weight is 189 g/mol. The molecule has 76 valence electrons. The number of nitrogens with two attached hydrogens (primary N) is 1. The number of rotatable bonds is 2. The maximum atomic E-state index is 5.87. The molecule has 2 N–H and O–H groups in total. The van der Waals surface area contributed by atoms with Gasteiger partial charge in [0.05, 0.1) is 0 Å². The van der Waals surface area contributed by atoms with Gasteiger partial charge in [-0.1, -0.05) is 17.7 Å². The third-order valence-electron chi connectivity index (χ3n) is 3.63. The molecule has 0 amide bonds. The van der Waals surface area contributed by atoms with Gasteiger partial charge < -0.3 is 5.73 Å². The van der Waals surface area contributed by atoms with Crippen LogP contribution in [-0.2, 0) is 5.41 Å². The van der Waals surface area contributed by atoms with E-state index in [-0.39, 0.29) is 0 Å². The van der Waals surface area contributed by atoms with Gasteiger partial charge in [-0.2, -0.15) is 0 Å². The second kappa shape index (κ2) is 3.09. The van der Waals surface area contributed by atoms with Gasteiger partial charge in [0.1, 0.15) is 0 Å². The van der Waals surface area contributed by atoms with Crippen LogP contribution < -0.4 is 5.73 Å². The molecule has 1 aromatic rings. The molecule has 2 rings (SSSR count). The minimum atomic E-state index is 0.334. The Morgan fingerprint density at radius 3 is 2.36 bits per heavy atom. The van der Waals surface area contributed by atoms with E-state index < -0.39 is 0 Å². The van der Waals surface area contributed by atoms with Crippen LogP contribution in [0.2, 0.25) is 0 Å². The van der Waals surface area contributed by atoms with E-state index in [4.69, 9.17) is 5.73 Å². The molecule has 0 unspecified atom stereocenters. The molecule has 0 saturated heterocycles. The fourth-order valence-electron chi connectivity index (χ4n) is 2.32. The second-order valence-electron chi connectivity index (χ2n) is 4.74. The monoisotopic (exact) mass is 189 g/mol. The Morgan fingerprint density at radius 1 is 1.21 bits per heavy atom. The average Bonchev–Trinajstić information content (AvgIpc) is 2.92. The number of hydrogen-bond donors (Lipinski definition) is 1. The van der Waals surface area contributed by atoms with E-state index >= 15 is 0 Å². The minimum absolute atomic E-state index is 0.334. The van der Waals surface area contributed by atoms with Crippen molar-refractivity contribution in [1.82, 2.24) is 0 Å². The first-order chi connectivity index (χ1) is 6.59. The third kappa shape index (κ3) is 1.36. The molecule has 0 atom stereocenters. The zero-order valence-electron chi connectivity index (χ0n) is 9.35. The SMILES string of the molecule is Cc1cc(C)c(C)c(C2(CN)CC2)c1. The molecule has 1 fully saturated rings. The Hall–Kier alpha value is -0.820. The molecule has 0 aromatic heterocycles. The number of benzene rings is 1. The Bertz CT molecular complexity index is 362. The summed E-state index contributed by atoms with van der Waals surface area (Å²) >= 11 is 0. The zero-order valence-corrected chi connectivity index (χ0v) is 9.35. The van der Waals surface area contributed by atoms with E-state index in [0.29, 0.717) is 5.41 Å². The molecule has 0 heterocycles. The van der Waals surface area contributed by atoms with Crippen LogP contribution in [0.4, 0.5) is 0 Å². The summed E-state index contributed by atoms with van der Waals surface area (Å²) in [5.74, 6) is 0. The van der Waals surface area contributed by atoms with Crippen molar-refractivity contribution in [3.63, 3.8) is 0 Å². The highest BCUT2D eigenvalue weighted by Gasteiger charge is 2.43. The molecule has 0 bridgehead atoms. The summed E-state index contributed by atoms with van der Waals surface area (Å²) < 4.78 is 0. The molecule has 0 spiro atoms. The van der Waals surface area contributed by atoms with Crippen molar-refractivity contribution in [3.8, 4) is 0 Å². The van der Waals surface area contributed by atoms with Crippen molar-refractivity contribution in [3.05, 3.63) is 34.4 Å². The van der Waals surface area contributed by atoms with Gasteiger partial charge in [0.25, 0.3) is 0 Å². The van der Waals surface area contributed by atoms with Gasteiger partial charge in [-0.25, -0.2) is 0 Å². The second-order valence-corrected chi connectivity index (χ2v) is 4.74. The highest BCUT2D eigenvalue weighted by atomic mass is 14.7. The van der Waals surface area contributed by atoms with Crippen molar-refractivity contribution in [1.29, 1.82) is 0 Å². The van der Waals surface area contributed by atoms with Crippen molar-refractivity contribution >= 4 is 0 Å². The van der Waals surface area contributed by atoms with Crippen LogP contribution in [0.25, 0.3) is 0 Å². The summed E-state index contributed by atoms with van der Waals surface area (Å²) in [4.78, 5) is 0. The smallest absolute Gasteiger partial charge is 0.00790 e. The predicted molar refractivity (Wildman–Crippen MR) is 60.6 cm³/mol. The quantitative estimate of drug-likeness (QED) is 0.760. The van der Waals surface area contributed by atoms with Gasteiger partial charge in [-0.15, -0.1) is 0 Å². The zero-order chi connectivity index (χ0) is 10.3. The highest BCUT2D eigenvalue weighted by molar-refractivity contribution is 5.44. The number of hydrogen-bond acceptors (Lipinski definition) is 1. The minimum Gasteiger partial charge on any atom is -0.330 e. The fourth-order valence-corrected chi connectivity index (χ4v) is 2.32. The van der Waals surface area contributed by atoms with Crippen LogP contribution in [0.3, 0.4) is 0 Å². The molecule has 1 nitrogen and oxygen atoms in total. The van der Waals surface area contributed by atoms with E-state index in [1.807, 2.05) is 0 Å². The van der Waals surface area contributed by atoms with Gasteiger partial charge in [0.15, 0.2) is 0 Å². The van der Waals surface area contributed by atoms with E-state index in [1.165, 1.54) is 35.1 Å². The van der Waals surface area contributed by atoms with E-state index in [1.54, 1.807) is 0 Å². The summed E-state index contributed by atoms with van der Waals surface area (Å²) in [6.07, 6.45) is 2.54. The van der Waals surface area contributed by atoms with Crippen molar-refractivity contribution in [2.45, 2.75) is 39.0 Å². The van der Waals surface area contributed by atoms with Crippen LogP contribution in [0.1, 0.15) is 35.1 Å². The topological polar surface area (TPSA) is 26.0 Å². The molecular formula is C13H19N. The molecule has 1 aliphatic carbocycles. The lowest BCUT2D eigenvalue weighted by Gasteiger charge is -2.18. The lowest BCUT2D eigenvalue weighted by molar-refractivity contribution is 0.697. The first-order valence-corrected chi connectivity index (χ1v) is 5.37. The summed E-state index contributed by atoms with van der Waals surface area (Å²) in [6, 6.07) is 4.58. The molecule has 14 heavy (non-hydrogen) atoms. The normalized spacial score (nSPS) is 18.3. The highest BCUT2D eigenvalue weighted by Crippen LogP contribution is 2.48. The van der Waals surface area contributed by atoms with Gasteiger partial charge in [-0.05, 0) is 50.3 Å². The lowest BCUT2D eigenvalue weighted by Crippen LogP contribution is -2.21. The number of aryl methyl sites for hydroxylation is 2. The standard InChI is InChI=1S/C13H19N/c1-9-6-10(2)11(3)12(7-9)13(8-14)4-5-13/h6-7H,4-5,8,14H2,1-3H3. The summed E-state index contributed by atoms with van der Waals surface area (Å²) in [5, 5.41) is 0. The molecular weight excluding hydrogens is 170 g/mol. The first kappa shape index (κ1) is 9.72. The third-order valence-corrected chi connectivity index (χ3v) is 3.63. The van der Waals surface area contributed by atoms with Crippen LogP contribution in [-0.4, -0.2) is 6.54 Å². The molecule has 1 heteroatoms. The molecule has 0 radical (unpaired) electrons. The van der Waals surface area contributed by atoms with E-state index in [9.17, 15) is 0 Å². The Kier molecular flexibility index (Phi) is 2.15. The summed E-state index contributed by atoms with van der Waals surface area (Å²) in [6.45, 7) is 7.39. The van der Waals surface area contributed by atoms with Crippen molar-refractivity contribution < 1.29 is 0 Å². The molecule has 1 aliphatic rings. The van der Waals surface area contributed by atoms with Crippen LogP contribution in [0.5, 0.6) is 0 Å². The summed E-state index contributed by atoms with van der Waals surface area (Å²) in [5.41, 5.74) is 11.9. The van der Waals surface area contributed by atoms with Gasteiger partial charge >= 0.3 is 0 Å². The van der Waals surface area contributed by atoms with E-state index in [2.05, 4.69) is 32.9 Å². The van der Waals surface area contributed by atoms with E-state index in [0.717, 1.165) is 6.54 Å². The lowest BCUT2D eigenvalue weighted by atomic mass is 9.88. The van der Waals surface area contributed by atoms with Crippen LogP contribution in [0.15, 0.2) is 12.1 Å². The Balaban J connectivity index is 2.52. The van der Waals surface area contributed by atoms with Gasteiger partial charge in [-0.3, -0.25) is 0 Å². The largest absolute Gasteiger partial charge is 0.330 e.